The van der Waals surface area contributed by atoms with Crippen molar-refractivity contribution in [3.63, 3.8) is 0 Å². The fourth-order valence-corrected chi connectivity index (χ4v) is 3.38. The van der Waals surface area contributed by atoms with E-state index in [0.29, 0.717) is 28.9 Å². The van der Waals surface area contributed by atoms with Crippen LogP contribution in [0.4, 0.5) is 5.69 Å². The number of rotatable bonds is 5. The zero-order chi connectivity index (χ0) is 22.8. The molecule has 168 valence electrons. The molecular formula is C23H31N3O5. The number of aryl methyl sites for hydroxylation is 2. The quantitative estimate of drug-likeness (QED) is 0.709. The van der Waals surface area contributed by atoms with Gasteiger partial charge in [-0.25, -0.2) is 19.6 Å². The van der Waals surface area contributed by atoms with E-state index in [9.17, 15) is 9.59 Å². The zero-order valence-corrected chi connectivity index (χ0v) is 18.9. The monoisotopic (exact) mass is 429 g/mol. The summed E-state index contributed by atoms with van der Waals surface area (Å²) in [6.45, 7) is 3.68. The van der Waals surface area contributed by atoms with Gasteiger partial charge in [0.2, 0.25) is 0 Å². The molecule has 0 spiro atoms. The molecule has 1 aliphatic rings. The van der Waals surface area contributed by atoms with E-state index in [-0.39, 0.29) is 5.97 Å². The van der Waals surface area contributed by atoms with E-state index in [1.54, 1.807) is 32.2 Å². The minimum atomic E-state index is -0.439. The highest BCUT2D eigenvalue weighted by molar-refractivity contribution is 5.87. The van der Waals surface area contributed by atoms with Gasteiger partial charge in [0, 0.05) is 6.04 Å². The molecule has 8 nitrogen and oxygen atoms in total. The molecule has 2 heterocycles. The first-order chi connectivity index (χ1) is 14.9. The maximum Gasteiger partial charge on any atom is 0.356 e. The lowest BCUT2D eigenvalue weighted by molar-refractivity contribution is 0.0585. The fourth-order valence-electron chi connectivity index (χ4n) is 3.38. The number of nitrogens with one attached hydrogen (secondary N) is 1. The van der Waals surface area contributed by atoms with Crippen molar-refractivity contribution in [2.75, 3.05) is 26.6 Å². The van der Waals surface area contributed by atoms with Gasteiger partial charge in [-0.2, -0.15) is 0 Å². The number of aromatic nitrogens is 2. The lowest BCUT2D eigenvalue weighted by Crippen LogP contribution is -2.23. The third kappa shape index (κ3) is 6.94. The first-order valence-electron chi connectivity index (χ1n) is 10.3. The second-order valence-electron chi connectivity index (χ2n) is 7.28. The lowest BCUT2D eigenvalue weighted by atomic mass is 9.95. The van der Waals surface area contributed by atoms with Crippen LogP contribution in [0.3, 0.4) is 0 Å². The lowest BCUT2D eigenvalue weighted by Gasteiger charge is -2.24. The van der Waals surface area contributed by atoms with Crippen LogP contribution in [0.2, 0.25) is 0 Å². The molecule has 2 aromatic heterocycles. The van der Waals surface area contributed by atoms with Crippen LogP contribution in [0.1, 0.15) is 64.5 Å². The van der Waals surface area contributed by atoms with Crippen molar-refractivity contribution >= 4 is 17.6 Å². The molecule has 0 unspecified atom stereocenters. The number of carbonyl (C=O) groups excluding carboxylic acids is 2. The molecular weight excluding hydrogens is 398 g/mol. The molecule has 3 rings (SSSR count). The SMILES string of the molecule is COC(=O)c1ccc(NC2CCCCC2)c(C)n1.COC(=O)c1ccc(OC)c(C)n1. The molecule has 1 fully saturated rings. The van der Waals surface area contributed by atoms with Gasteiger partial charge in [0.15, 0.2) is 0 Å². The number of ether oxygens (including phenoxy) is 3. The molecule has 1 N–H and O–H groups in total. The molecule has 0 amide bonds. The molecule has 0 bridgehead atoms. The van der Waals surface area contributed by atoms with E-state index in [2.05, 4.69) is 24.8 Å². The Morgan fingerprint density at radius 2 is 1.39 bits per heavy atom. The number of nitrogens with zero attached hydrogens (tertiary/aromatic N) is 2. The molecule has 31 heavy (non-hydrogen) atoms. The first-order valence-corrected chi connectivity index (χ1v) is 10.3. The summed E-state index contributed by atoms with van der Waals surface area (Å²) >= 11 is 0. The van der Waals surface area contributed by atoms with Crippen LogP contribution in [0.25, 0.3) is 0 Å². The number of methoxy groups -OCH3 is 3. The summed E-state index contributed by atoms with van der Waals surface area (Å²) in [6.07, 6.45) is 6.38. The van der Waals surface area contributed by atoms with Gasteiger partial charge in [0.25, 0.3) is 0 Å². The highest BCUT2D eigenvalue weighted by atomic mass is 16.5. The zero-order valence-electron chi connectivity index (χ0n) is 18.9. The number of hydrogen-bond acceptors (Lipinski definition) is 8. The van der Waals surface area contributed by atoms with E-state index < -0.39 is 5.97 Å². The average Bonchev–Trinajstić information content (AvgIpc) is 2.80. The van der Waals surface area contributed by atoms with Crippen molar-refractivity contribution in [1.29, 1.82) is 0 Å². The normalized spacial score (nSPS) is 13.5. The van der Waals surface area contributed by atoms with Gasteiger partial charge in [-0.05, 0) is 51.0 Å². The molecule has 0 aliphatic heterocycles. The molecule has 2 aromatic rings. The van der Waals surface area contributed by atoms with Gasteiger partial charge in [0.05, 0.1) is 38.4 Å². The van der Waals surface area contributed by atoms with Crippen molar-refractivity contribution in [1.82, 2.24) is 9.97 Å². The minimum absolute atomic E-state index is 0.292. The van der Waals surface area contributed by atoms with Crippen molar-refractivity contribution < 1.29 is 23.8 Å². The summed E-state index contributed by atoms with van der Waals surface area (Å²) in [7, 11) is 4.25. The van der Waals surface area contributed by atoms with Gasteiger partial charge in [-0.15, -0.1) is 0 Å². The van der Waals surface area contributed by atoms with Crippen LogP contribution in [0.15, 0.2) is 24.3 Å². The van der Waals surface area contributed by atoms with Crippen LogP contribution in [-0.4, -0.2) is 49.3 Å². The fraction of sp³-hybridized carbons (Fsp3) is 0.478. The Kier molecular flexibility index (Phi) is 9.24. The molecule has 1 saturated carbocycles. The Bertz CT molecular complexity index is 895. The van der Waals surface area contributed by atoms with E-state index >= 15 is 0 Å². The Morgan fingerprint density at radius 1 is 0.839 bits per heavy atom. The molecule has 0 radical (unpaired) electrons. The smallest absolute Gasteiger partial charge is 0.356 e. The first kappa shape index (κ1) is 24.1. The predicted octanol–water partition coefficient (Wildman–Crippen LogP) is 4.11. The molecule has 0 aromatic carbocycles. The van der Waals surface area contributed by atoms with Crippen LogP contribution in [0, 0.1) is 13.8 Å². The summed E-state index contributed by atoms with van der Waals surface area (Å²) < 4.78 is 14.2. The number of esters is 2. The maximum absolute atomic E-state index is 11.4. The van der Waals surface area contributed by atoms with Gasteiger partial charge in [-0.3, -0.25) is 0 Å². The van der Waals surface area contributed by atoms with Gasteiger partial charge in [0.1, 0.15) is 17.1 Å². The summed E-state index contributed by atoms with van der Waals surface area (Å²) in [6, 6.07) is 7.43. The van der Waals surface area contributed by atoms with Crippen molar-refractivity contribution in [2.45, 2.75) is 52.0 Å². The van der Waals surface area contributed by atoms with Crippen LogP contribution in [0.5, 0.6) is 5.75 Å². The van der Waals surface area contributed by atoms with Crippen LogP contribution < -0.4 is 10.1 Å². The number of carbonyl (C=O) groups is 2. The summed E-state index contributed by atoms with van der Waals surface area (Å²) in [4.78, 5) is 30.7. The Labute approximate surface area is 183 Å². The van der Waals surface area contributed by atoms with Crippen LogP contribution >= 0.6 is 0 Å². The third-order valence-corrected chi connectivity index (χ3v) is 5.10. The maximum atomic E-state index is 11.4. The van der Waals surface area contributed by atoms with Crippen molar-refractivity contribution in [3.8, 4) is 5.75 Å². The van der Waals surface area contributed by atoms with Gasteiger partial charge in [-0.1, -0.05) is 19.3 Å². The van der Waals surface area contributed by atoms with Gasteiger partial charge >= 0.3 is 11.9 Å². The summed E-state index contributed by atoms with van der Waals surface area (Å²) in [5, 5.41) is 3.52. The number of anilines is 1. The Hall–Kier alpha value is -3.16. The van der Waals surface area contributed by atoms with Crippen LogP contribution in [-0.2, 0) is 9.47 Å². The predicted molar refractivity (Wildman–Crippen MR) is 118 cm³/mol. The molecule has 0 atom stereocenters. The van der Waals surface area contributed by atoms with Crippen molar-refractivity contribution in [2.24, 2.45) is 0 Å². The topological polar surface area (TPSA) is 99.6 Å². The highest BCUT2D eigenvalue weighted by Gasteiger charge is 2.15. The standard InChI is InChI=1S/C14H20N2O2.C9H11NO3/c1-10-12(16-11-6-4-3-5-7-11)8-9-13(15-10)14(17)18-2;1-6-8(12-2)5-4-7(10-6)9(11)13-3/h8-9,11,16H,3-7H2,1-2H3;4-5H,1-3H3. The second kappa shape index (κ2) is 11.9. The van der Waals surface area contributed by atoms with E-state index in [1.807, 2.05) is 13.0 Å². The Morgan fingerprint density at radius 3 is 1.87 bits per heavy atom. The average molecular weight is 430 g/mol. The van der Waals surface area contributed by atoms with E-state index in [1.165, 1.54) is 46.3 Å². The number of hydrogen-bond donors (Lipinski definition) is 1. The van der Waals surface area contributed by atoms with E-state index in [4.69, 9.17) is 4.74 Å². The van der Waals surface area contributed by atoms with Gasteiger partial charge < -0.3 is 19.5 Å². The second-order valence-corrected chi connectivity index (χ2v) is 7.28. The Balaban J connectivity index is 0.000000233. The summed E-state index contributed by atoms with van der Waals surface area (Å²) in [5.41, 5.74) is 3.20. The molecule has 8 heteroatoms. The van der Waals surface area contributed by atoms with Crippen molar-refractivity contribution in [3.05, 3.63) is 47.0 Å². The minimum Gasteiger partial charge on any atom is -0.495 e. The molecule has 0 saturated heterocycles. The number of pyridine rings is 2. The highest BCUT2D eigenvalue weighted by Crippen LogP contribution is 2.23. The summed E-state index contributed by atoms with van der Waals surface area (Å²) in [5.74, 6) is -0.166. The van der Waals surface area contributed by atoms with E-state index in [0.717, 1.165) is 11.4 Å². The molecule has 1 aliphatic carbocycles. The largest absolute Gasteiger partial charge is 0.495 e. The third-order valence-electron chi connectivity index (χ3n) is 5.10.